The third kappa shape index (κ3) is 3.30. The Morgan fingerprint density at radius 2 is 2.11 bits per heavy atom. The standard InChI is InChI=1S/C12H17NO4S/c1-16-8-4-7(5-9(13)12(14)15)11(17-2)10(6-8)18-3/h4,6,9H,5,13H2,1-3H3,(H,14,15). The third-order valence-corrected chi connectivity index (χ3v) is 3.27. The largest absolute Gasteiger partial charge is 0.497 e. The third-order valence-electron chi connectivity index (χ3n) is 2.52. The van der Waals surface area contributed by atoms with Crippen LogP contribution in [0.25, 0.3) is 0 Å². The Kier molecular flexibility index (Phi) is 5.30. The highest BCUT2D eigenvalue weighted by atomic mass is 32.2. The van der Waals surface area contributed by atoms with Gasteiger partial charge in [0, 0.05) is 12.0 Å². The van der Waals surface area contributed by atoms with Gasteiger partial charge in [-0.15, -0.1) is 11.8 Å². The van der Waals surface area contributed by atoms with Gasteiger partial charge in [-0.1, -0.05) is 0 Å². The van der Waals surface area contributed by atoms with E-state index in [0.29, 0.717) is 11.5 Å². The molecule has 1 atom stereocenters. The number of carboxylic acids is 1. The normalized spacial score (nSPS) is 12.0. The highest BCUT2D eigenvalue weighted by molar-refractivity contribution is 7.98. The molecule has 1 unspecified atom stereocenters. The predicted molar refractivity (Wildman–Crippen MR) is 70.6 cm³/mol. The van der Waals surface area contributed by atoms with Gasteiger partial charge in [0.2, 0.25) is 0 Å². The lowest BCUT2D eigenvalue weighted by Gasteiger charge is -2.15. The van der Waals surface area contributed by atoms with Crippen molar-refractivity contribution in [2.45, 2.75) is 17.4 Å². The maximum atomic E-state index is 10.8. The van der Waals surface area contributed by atoms with Gasteiger partial charge in [-0.3, -0.25) is 4.79 Å². The average Bonchev–Trinajstić information content (AvgIpc) is 2.37. The lowest BCUT2D eigenvalue weighted by Crippen LogP contribution is -2.32. The number of benzene rings is 1. The van der Waals surface area contributed by atoms with Gasteiger partial charge >= 0.3 is 5.97 Å². The first-order chi connectivity index (χ1) is 8.53. The van der Waals surface area contributed by atoms with Crippen molar-refractivity contribution in [2.75, 3.05) is 20.5 Å². The van der Waals surface area contributed by atoms with Gasteiger partial charge in [0.15, 0.2) is 0 Å². The molecular formula is C12H17NO4S. The lowest BCUT2D eigenvalue weighted by molar-refractivity contribution is -0.138. The smallest absolute Gasteiger partial charge is 0.320 e. The molecule has 0 radical (unpaired) electrons. The molecule has 0 heterocycles. The van der Waals surface area contributed by atoms with Crippen LogP contribution in [0.4, 0.5) is 0 Å². The van der Waals surface area contributed by atoms with Crippen LogP contribution < -0.4 is 15.2 Å². The first-order valence-electron chi connectivity index (χ1n) is 5.30. The van der Waals surface area contributed by atoms with E-state index < -0.39 is 12.0 Å². The number of hydrogen-bond acceptors (Lipinski definition) is 5. The van der Waals surface area contributed by atoms with E-state index in [-0.39, 0.29) is 6.42 Å². The SMILES string of the molecule is COc1cc(CC(N)C(=O)O)c(OC)c(SC)c1. The lowest BCUT2D eigenvalue weighted by atomic mass is 10.1. The molecule has 0 bridgehead atoms. The monoisotopic (exact) mass is 271 g/mol. The molecule has 0 spiro atoms. The number of nitrogens with two attached hydrogens (primary N) is 1. The summed E-state index contributed by atoms with van der Waals surface area (Å²) in [5, 5.41) is 8.86. The van der Waals surface area contributed by atoms with Gasteiger partial charge in [0.25, 0.3) is 0 Å². The molecule has 0 amide bonds. The predicted octanol–water partition coefficient (Wildman–Crippen LogP) is 1.38. The highest BCUT2D eigenvalue weighted by Gasteiger charge is 2.18. The Labute approximate surface area is 110 Å². The summed E-state index contributed by atoms with van der Waals surface area (Å²) >= 11 is 1.51. The molecule has 1 aromatic carbocycles. The summed E-state index contributed by atoms with van der Waals surface area (Å²) in [6.45, 7) is 0. The summed E-state index contributed by atoms with van der Waals surface area (Å²) in [6.07, 6.45) is 2.11. The minimum atomic E-state index is -1.04. The molecule has 3 N–H and O–H groups in total. The summed E-state index contributed by atoms with van der Waals surface area (Å²) in [5.74, 6) is 0.276. The quantitative estimate of drug-likeness (QED) is 0.761. The van der Waals surface area contributed by atoms with Crippen molar-refractivity contribution in [1.29, 1.82) is 0 Å². The van der Waals surface area contributed by atoms with E-state index in [4.69, 9.17) is 20.3 Å². The van der Waals surface area contributed by atoms with Gasteiger partial charge in [0.05, 0.1) is 19.1 Å². The van der Waals surface area contributed by atoms with Crippen LogP contribution in [0.5, 0.6) is 11.5 Å². The van der Waals surface area contributed by atoms with E-state index in [2.05, 4.69) is 0 Å². The molecule has 6 heteroatoms. The molecule has 0 aliphatic heterocycles. The minimum absolute atomic E-state index is 0.198. The molecule has 100 valence electrons. The molecule has 0 aromatic heterocycles. The molecule has 0 fully saturated rings. The number of aliphatic carboxylic acids is 1. The summed E-state index contributed by atoms with van der Waals surface area (Å²) in [5.41, 5.74) is 6.28. The number of ether oxygens (including phenoxy) is 2. The second kappa shape index (κ2) is 6.51. The number of thioether (sulfide) groups is 1. The van der Waals surface area contributed by atoms with Crippen molar-refractivity contribution in [2.24, 2.45) is 5.73 Å². The zero-order chi connectivity index (χ0) is 13.7. The second-order valence-corrected chi connectivity index (χ2v) is 4.52. The average molecular weight is 271 g/mol. The van der Waals surface area contributed by atoms with Gasteiger partial charge in [0.1, 0.15) is 17.5 Å². The Bertz CT molecular complexity index is 436. The molecule has 0 saturated carbocycles. The van der Waals surface area contributed by atoms with Gasteiger partial charge in [-0.2, -0.15) is 0 Å². The van der Waals surface area contributed by atoms with Crippen LogP contribution in [0.3, 0.4) is 0 Å². The molecule has 18 heavy (non-hydrogen) atoms. The topological polar surface area (TPSA) is 81.8 Å². The van der Waals surface area contributed by atoms with Gasteiger partial charge < -0.3 is 20.3 Å². The molecule has 1 rings (SSSR count). The number of hydrogen-bond donors (Lipinski definition) is 2. The first kappa shape index (κ1) is 14.7. The van der Waals surface area contributed by atoms with Crippen LogP contribution in [0.15, 0.2) is 17.0 Å². The molecule has 0 aliphatic carbocycles. The van der Waals surface area contributed by atoms with Crippen molar-refractivity contribution < 1.29 is 19.4 Å². The summed E-state index contributed by atoms with van der Waals surface area (Å²) in [7, 11) is 3.12. The molecule has 0 aliphatic rings. The first-order valence-corrected chi connectivity index (χ1v) is 6.53. The van der Waals surface area contributed by atoms with E-state index in [0.717, 1.165) is 10.5 Å². The van der Waals surface area contributed by atoms with Crippen molar-refractivity contribution >= 4 is 17.7 Å². The van der Waals surface area contributed by atoms with Gasteiger partial charge in [-0.25, -0.2) is 0 Å². The zero-order valence-electron chi connectivity index (χ0n) is 10.6. The molecule has 1 aromatic rings. The fourth-order valence-electron chi connectivity index (χ4n) is 1.61. The minimum Gasteiger partial charge on any atom is -0.497 e. The van der Waals surface area contributed by atoms with Crippen LogP contribution in [0, 0.1) is 0 Å². The van der Waals surface area contributed by atoms with Crippen LogP contribution in [-0.4, -0.2) is 37.6 Å². The van der Waals surface area contributed by atoms with Crippen LogP contribution in [0.1, 0.15) is 5.56 Å². The van der Waals surface area contributed by atoms with Gasteiger partial charge in [-0.05, 0) is 18.4 Å². The van der Waals surface area contributed by atoms with E-state index in [9.17, 15) is 4.79 Å². The molecule has 5 nitrogen and oxygen atoms in total. The molecule has 0 saturated heterocycles. The summed E-state index contributed by atoms with van der Waals surface area (Å²) < 4.78 is 10.5. The Morgan fingerprint density at radius 3 is 2.56 bits per heavy atom. The van der Waals surface area contributed by atoms with E-state index in [1.807, 2.05) is 12.3 Å². The number of rotatable bonds is 6. The fourth-order valence-corrected chi connectivity index (χ4v) is 2.24. The zero-order valence-corrected chi connectivity index (χ0v) is 11.4. The number of carbonyl (C=O) groups is 1. The van der Waals surface area contributed by atoms with Crippen molar-refractivity contribution in [3.05, 3.63) is 17.7 Å². The molecular weight excluding hydrogens is 254 g/mol. The Hall–Kier alpha value is -1.40. The summed E-state index contributed by atoms with van der Waals surface area (Å²) in [6, 6.07) is 2.64. The maximum Gasteiger partial charge on any atom is 0.320 e. The van der Waals surface area contributed by atoms with Crippen LogP contribution >= 0.6 is 11.8 Å². The summed E-state index contributed by atoms with van der Waals surface area (Å²) in [4.78, 5) is 11.7. The second-order valence-electron chi connectivity index (χ2n) is 3.67. The van der Waals surface area contributed by atoms with E-state index >= 15 is 0 Å². The fraction of sp³-hybridized carbons (Fsp3) is 0.417. The van der Waals surface area contributed by atoms with E-state index in [1.54, 1.807) is 20.3 Å². The highest BCUT2D eigenvalue weighted by Crippen LogP contribution is 2.35. The Morgan fingerprint density at radius 1 is 1.44 bits per heavy atom. The maximum absolute atomic E-state index is 10.8. The van der Waals surface area contributed by atoms with Crippen molar-refractivity contribution in [1.82, 2.24) is 0 Å². The van der Waals surface area contributed by atoms with Crippen LogP contribution in [-0.2, 0) is 11.2 Å². The van der Waals surface area contributed by atoms with Crippen molar-refractivity contribution in [3.63, 3.8) is 0 Å². The number of methoxy groups -OCH3 is 2. The van der Waals surface area contributed by atoms with Crippen molar-refractivity contribution in [3.8, 4) is 11.5 Å². The Balaban J connectivity index is 3.18. The van der Waals surface area contributed by atoms with E-state index in [1.165, 1.54) is 11.8 Å². The van der Waals surface area contributed by atoms with Crippen LogP contribution in [0.2, 0.25) is 0 Å². The number of carboxylic acid groups (broad SMARTS) is 1.